The summed E-state index contributed by atoms with van der Waals surface area (Å²) in [5.74, 6) is 0.306. The molecule has 5 heteroatoms. The molecule has 23 heavy (non-hydrogen) atoms. The van der Waals surface area contributed by atoms with Gasteiger partial charge in [0, 0.05) is 12.5 Å². The van der Waals surface area contributed by atoms with Crippen LogP contribution < -0.4 is 10.6 Å². The molecular weight excluding hydrogens is 315 g/mol. The molecule has 1 heterocycles. The lowest BCUT2D eigenvalue weighted by atomic mass is 9.93. The third kappa shape index (κ3) is 4.24. The number of halogens is 2. The standard InChI is InChI=1S/C18H25FN2O.ClH/c1-12(10-13-4-2-3-5-13)18(22)21-16-7-6-14-11-20-9-8-15(14)17(16)19;/h6-7,12-13,20H,2-5,8-11H2,1H3,(H,21,22);1H. The van der Waals surface area contributed by atoms with Gasteiger partial charge in [0.2, 0.25) is 5.91 Å². The minimum absolute atomic E-state index is 0. The first-order valence-corrected chi connectivity index (χ1v) is 8.47. The zero-order valence-corrected chi connectivity index (χ0v) is 14.5. The fraction of sp³-hybridized carbons (Fsp3) is 0.611. The molecule has 3 nitrogen and oxygen atoms in total. The molecule has 0 bridgehead atoms. The third-order valence-electron chi connectivity index (χ3n) is 5.07. The summed E-state index contributed by atoms with van der Waals surface area (Å²) in [6.07, 6.45) is 6.64. The van der Waals surface area contributed by atoms with Crippen molar-refractivity contribution >= 4 is 24.0 Å². The lowest BCUT2D eigenvalue weighted by Crippen LogP contribution is -2.26. The third-order valence-corrected chi connectivity index (χ3v) is 5.07. The smallest absolute Gasteiger partial charge is 0.227 e. The van der Waals surface area contributed by atoms with Crippen LogP contribution in [0.15, 0.2) is 12.1 Å². The van der Waals surface area contributed by atoms with Gasteiger partial charge in [0.1, 0.15) is 5.82 Å². The van der Waals surface area contributed by atoms with Crippen LogP contribution in [0.5, 0.6) is 0 Å². The van der Waals surface area contributed by atoms with E-state index >= 15 is 0 Å². The average Bonchev–Trinajstić information content (AvgIpc) is 3.03. The minimum atomic E-state index is -0.250. The minimum Gasteiger partial charge on any atom is -0.323 e. The normalized spacial score (nSPS) is 18.9. The summed E-state index contributed by atoms with van der Waals surface area (Å²) in [6.45, 7) is 3.45. The summed E-state index contributed by atoms with van der Waals surface area (Å²) in [7, 11) is 0. The van der Waals surface area contributed by atoms with Crippen LogP contribution in [0, 0.1) is 17.7 Å². The van der Waals surface area contributed by atoms with E-state index in [1.54, 1.807) is 6.07 Å². The van der Waals surface area contributed by atoms with E-state index in [0.717, 1.165) is 24.1 Å². The van der Waals surface area contributed by atoms with Crippen molar-refractivity contribution in [2.45, 2.75) is 52.0 Å². The van der Waals surface area contributed by atoms with Crippen LogP contribution >= 0.6 is 12.4 Å². The molecule has 1 aromatic carbocycles. The van der Waals surface area contributed by atoms with Gasteiger partial charge in [-0.05, 0) is 42.5 Å². The highest BCUT2D eigenvalue weighted by Crippen LogP contribution is 2.31. The predicted octanol–water partition coefficient (Wildman–Crippen LogP) is 4.05. The topological polar surface area (TPSA) is 41.1 Å². The number of hydrogen-bond acceptors (Lipinski definition) is 2. The SMILES string of the molecule is CC(CC1CCCC1)C(=O)Nc1ccc2c(c1F)CCNC2.Cl. The Morgan fingerprint density at radius 2 is 2.13 bits per heavy atom. The van der Waals surface area contributed by atoms with E-state index in [0.29, 0.717) is 24.6 Å². The first-order chi connectivity index (χ1) is 10.6. The van der Waals surface area contributed by atoms with Crippen LogP contribution in [0.1, 0.15) is 50.2 Å². The Hall–Kier alpha value is -1.13. The molecule has 1 amide bonds. The van der Waals surface area contributed by atoms with E-state index in [2.05, 4.69) is 10.6 Å². The Balaban J connectivity index is 0.00000192. The average molecular weight is 341 g/mol. The Bertz CT molecular complexity index is 558. The second kappa shape index (κ2) is 8.11. The van der Waals surface area contributed by atoms with Crippen molar-refractivity contribution in [1.29, 1.82) is 0 Å². The summed E-state index contributed by atoms with van der Waals surface area (Å²) in [6, 6.07) is 3.61. The predicted molar refractivity (Wildman–Crippen MR) is 93.4 cm³/mol. The largest absolute Gasteiger partial charge is 0.323 e. The molecule has 1 aliphatic carbocycles. The Morgan fingerprint density at radius 1 is 1.39 bits per heavy atom. The fourth-order valence-electron chi connectivity index (χ4n) is 3.74. The second-order valence-corrected chi connectivity index (χ2v) is 6.77. The van der Waals surface area contributed by atoms with Crippen molar-refractivity contribution in [2.24, 2.45) is 11.8 Å². The molecule has 0 spiro atoms. The zero-order chi connectivity index (χ0) is 15.5. The monoisotopic (exact) mass is 340 g/mol. The summed E-state index contributed by atoms with van der Waals surface area (Å²) in [5.41, 5.74) is 2.09. The van der Waals surface area contributed by atoms with Crippen molar-refractivity contribution < 1.29 is 9.18 Å². The highest BCUT2D eigenvalue weighted by atomic mass is 35.5. The Labute approximate surface area is 143 Å². The Morgan fingerprint density at radius 3 is 2.87 bits per heavy atom. The number of nitrogens with one attached hydrogen (secondary N) is 2. The van der Waals surface area contributed by atoms with Gasteiger partial charge in [-0.3, -0.25) is 4.79 Å². The maximum atomic E-state index is 14.5. The van der Waals surface area contributed by atoms with Gasteiger partial charge in [-0.2, -0.15) is 0 Å². The molecule has 1 aromatic rings. The highest BCUT2D eigenvalue weighted by molar-refractivity contribution is 5.92. The lowest BCUT2D eigenvalue weighted by Gasteiger charge is -2.21. The van der Waals surface area contributed by atoms with Crippen molar-refractivity contribution in [3.05, 3.63) is 29.1 Å². The van der Waals surface area contributed by atoms with E-state index in [1.807, 2.05) is 13.0 Å². The van der Waals surface area contributed by atoms with E-state index in [-0.39, 0.29) is 30.0 Å². The number of hydrogen-bond donors (Lipinski definition) is 2. The summed E-state index contributed by atoms with van der Waals surface area (Å²) in [4.78, 5) is 12.3. The zero-order valence-electron chi connectivity index (χ0n) is 13.7. The van der Waals surface area contributed by atoms with Crippen LogP contribution in [0.2, 0.25) is 0 Å². The highest BCUT2D eigenvalue weighted by Gasteiger charge is 2.23. The summed E-state index contributed by atoms with van der Waals surface area (Å²) < 4.78 is 14.5. The van der Waals surface area contributed by atoms with Crippen molar-refractivity contribution in [3.63, 3.8) is 0 Å². The van der Waals surface area contributed by atoms with Crippen LogP contribution in [-0.4, -0.2) is 12.5 Å². The van der Waals surface area contributed by atoms with Crippen LogP contribution in [-0.2, 0) is 17.8 Å². The number of fused-ring (bicyclic) bond motifs is 1. The molecule has 0 saturated heterocycles. The van der Waals surface area contributed by atoms with Gasteiger partial charge < -0.3 is 10.6 Å². The Kier molecular flexibility index (Phi) is 6.42. The molecule has 0 radical (unpaired) electrons. The molecule has 1 saturated carbocycles. The number of benzene rings is 1. The molecular formula is C18H26ClFN2O. The molecule has 1 fully saturated rings. The molecule has 2 N–H and O–H groups in total. The summed E-state index contributed by atoms with van der Waals surface area (Å²) >= 11 is 0. The lowest BCUT2D eigenvalue weighted by molar-refractivity contribution is -0.119. The first kappa shape index (κ1) is 18.2. The van der Waals surface area contributed by atoms with E-state index in [4.69, 9.17) is 0 Å². The molecule has 0 aromatic heterocycles. The summed E-state index contributed by atoms with van der Waals surface area (Å²) in [5, 5.41) is 6.03. The molecule has 1 atom stereocenters. The fourth-order valence-corrected chi connectivity index (χ4v) is 3.74. The van der Waals surface area contributed by atoms with Gasteiger partial charge in [-0.15, -0.1) is 12.4 Å². The van der Waals surface area contributed by atoms with Gasteiger partial charge in [0.05, 0.1) is 5.69 Å². The maximum absolute atomic E-state index is 14.5. The number of carbonyl (C=O) groups excluding carboxylic acids is 1. The van der Waals surface area contributed by atoms with E-state index in [9.17, 15) is 9.18 Å². The quantitative estimate of drug-likeness (QED) is 0.868. The number of anilines is 1. The first-order valence-electron chi connectivity index (χ1n) is 8.47. The van der Waals surface area contributed by atoms with Crippen molar-refractivity contribution in [2.75, 3.05) is 11.9 Å². The number of rotatable bonds is 4. The van der Waals surface area contributed by atoms with Crippen molar-refractivity contribution in [1.82, 2.24) is 5.32 Å². The van der Waals surface area contributed by atoms with Gasteiger partial charge in [0.15, 0.2) is 0 Å². The molecule has 1 aliphatic heterocycles. The van der Waals surface area contributed by atoms with Gasteiger partial charge in [-0.25, -0.2) is 4.39 Å². The van der Waals surface area contributed by atoms with E-state index < -0.39 is 0 Å². The maximum Gasteiger partial charge on any atom is 0.227 e. The van der Waals surface area contributed by atoms with Gasteiger partial charge in [0.25, 0.3) is 0 Å². The van der Waals surface area contributed by atoms with Gasteiger partial charge in [-0.1, -0.05) is 38.7 Å². The van der Waals surface area contributed by atoms with Crippen molar-refractivity contribution in [3.8, 4) is 0 Å². The number of amides is 1. The van der Waals surface area contributed by atoms with E-state index in [1.165, 1.54) is 25.7 Å². The second-order valence-electron chi connectivity index (χ2n) is 6.77. The molecule has 128 valence electrons. The molecule has 2 aliphatic rings. The van der Waals surface area contributed by atoms with Crippen LogP contribution in [0.4, 0.5) is 10.1 Å². The molecule has 3 rings (SSSR count). The van der Waals surface area contributed by atoms with Crippen LogP contribution in [0.25, 0.3) is 0 Å². The number of carbonyl (C=O) groups is 1. The molecule has 1 unspecified atom stereocenters. The van der Waals surface area contributed by atoms with Crippen LogP contribution in [0.3, 0.4) is 0 Å². The van der Waals surface area contributed by atoms with Gasteiger partial charge >= 0.3 is 0 Å².